The molecule has 98 valence electrons. The van der Waals surface area contributed by atoms with Crippen molar-refractivity contribution in [1.82, 2.24) is 15.0 Å². The molecule has 4 rings (SSSR count). The lowest BCUT2D eigenvalue weighted by Crippen LogP contribution is -1.96. The lowest BCUT2D eigenvalue weighted by atomic mass is 10.1. The molecule has 0 bridgehead atoms. The summed E-state index contributed by atoms with van der Waals surface area (Å²) in [6, 6.07) is 12.0. The van der Waals surface area contributed by atoms with Crippen LogP contribution in [0.4, 0.5) is 0 Å². The first-order chi connectivity index (χ1) is 9.79. The van der Waals surface area contributed by atoms with Crippen LogP contribution in [-0.2, 0) is 0 Å². The number of pyridine rings is 1. The summed E-state index contributed by atoms with van der Waals surface area (Å²) in [5.41, 5.74) is 2.82. The molecule has 0 N–H and O–H groups in total. The van der Waals surface area contributed by atoms with Crippen molar-refractivity contribution in [2.75, 3.05) is 0 Å². The molecule has 0 atom stereocenters. The van der Waals surface area contributed by atoms with E-state index >= 15 is 0 Å². The van der Waals surface area contributed by atoms with E-state index in [4.69, 9.17) is 11.6 Å². The third-order valence-electron chi connectivity index (χ3n) is 3.54. The fourth-order valence-corrected chi connectivity index (χ4v) is 2.51. The zero-order valence-electron chi connectivity index (χ0n) is 10.8. The normalized spacial score (nSPS) is 14.7. The maximum Gasteiger partial charge on any atom is 0.133 e. The molecule has 0 aliphatic heterocycles. The highest BCUT2D eigenvalue weighted by molar-refractivity contribution is 6.29. The highest BCUT2D eigenvalue weighted by atomic mass is 35.5. The number of hydrogen-bond donors (Lipinski definition) is 0. The summed E-state index contributed by atoms with van der Waals surface area (Å²) >= 11 is 6.12. The second-order valence-corrected chi connectivity index (χ2v) is 5.51. The van der Waals surface area contributed by atoms with Crippen LogP contribution in [0.15, 0.2) is 42.6 Å². The van der Waals surface area contributed by atoms with E-state index in [2.05, 4.69) is 27.1 Å². The van der Waals surface area contributed by atoms with Gasteiger partial charge in [0, 0.05) is 29.1 Å². The second-order valence-electron chi connectivity index (χ2n) is 5.13. The fourth-order valence-electron chi connectivity index (χ4n) is 2.32. The van der Waals surface area contributed by atoms with Gasteiger partial charge in [0.1, 0.15) is 11.0 Å². The molecular formula is C16H12ClN3. The van der Waals surface area contributed by atoms with Crippen LogP contribution in [0, 0.1) is 0 Å². The van der Waals surface area contributed by atoms with Crippen molar-refractivity contribution in [2.45, 2.75) is 18.8 Å². The zero-order valence-corrected chi connectivity index (χ0v) is 11.5. The van der Waals surface area contributed by atoms with Crippen LogP contribution in [0.1, 0.15) is 24.6 Å². The summed E-state index contributed by atoms with van der Waals surface area (Å²) in [5, 5.41) is 1.61. The summed E-state index contributed by atoms with van der Waals surface area (Å²) in [6.45, 7) is 0. The number of benzene rings is 1. The molecule has 20 heavy (non-hydrogen) atoms. The van der Waals surface area contributed by atoms with Crippen LogP contribution < -0.4 is 0 Å². The van der Waals surface area contributed by atoms with E-state index in [0.29, 0.717) is 11.1 Å². The number of fused-ring (bicyclic) bond motifs is 1. The Morgan fingerprint density at radius 1 is 1.05 bits per heavy atom. The van der Waals surface area contributed by atoms with Crippen LogP contribution in [0.25, 0.3) is 22.2 Å². The molecule has 2 aromatic heterocycles. The Labute approximate surface area is 121 Å². The van der Waals surface area contributed by atoms with Crippen LogP contribution in [0.2, 0.25) is 5.15 Å². The SMILES string of the molecule is Clc1cc(-c2cnc3ccccc3c2)nc(C2CC2)n1. The quantitative estimate of drug-likeness (QED) is 0.660. The summed E-state index contributed by atoms with van der Waals surface area (Å²) in [5.74, 6) is 1.35. The first kappa shape index (κ1) is 11.8. The van der Waals surface area contributed by atoms with Crippen molar-refractivity contribution in [3.8, 4) is 11.3 Å². The van der Waals surface area contributed by atoms with Crippen LogP contribution >= 0.6 is 11.6 Å². The van der Waals surface area contributed by atoms with Gasteiger partial charge in [-0.2, -0.15) is 0 Å². The smallest absolute Gasteiger partial charge is 0.133 e. The van der Waals surface area contributed by atoms with E-state index in [1.165, 1.54) is 0 Å². The number of halogens is 1. The van der Waals surface area contributed by atoms with Gasteiger partial charge in [0.15, 0.2) is 0 Å². The Morgan fingerprint density at radius 3 is 2.75 bits per heavy atom. The van der Waals surface area contributed by atoms with Gasteiger partial charge in [-0.3, -0.25) is 4.98 Å². The van der Waals surface area contributed by atoms with E-state index in [-0.39, 0.29) is 0 Å². The standard InChI is InChI=1S/C16H12ClN3/c17-15-8-14(19-16(20-15)10-5-6-10)12-7-11-3-1-2-4-13(11)18-9-12/h1-4,7-10H,5-6H2. The maximum absolute atomic E-state index is 6.12. The minimum absolute atomic E-state index is 0.487. The largest absolute Gasteiger partial charge is 0.256 e. The second kappa shape index (κ2) is 4.53. The van der Waals surface area contributed by atoms with Crippen molar-refractivity contribution in [3.63, 3.8) is 0 Å². The van der Waals surface area contributed by atoms with Gasteiger partial charge in [0.25, 0.3) is 0 Å². The average molecular weight is 282 g/mol. The van der Waals surface area contributed by atoms with Gasteiger partial charge in [-0.1, -0.05) is 29.8 Å². The number of nitrogens with zero attached hydrogens (tertiary/aromatic N) is 3. The molecule has 0 radical (unpaired) electrons. The van der Waals surface area contributed by atoms with Crippen molar-refractivity contribution >= 4 is 22.5 Å². The van der Waals surface area contributed by atoms with E-state index in [9.17, 15) is 0 Å². The predicted octanol–water partition coefficient (Wildman–Crippen LogP) is 4.22. The number of aromatic nitrogens is 3. The van der Waals surface area contributed by atoms with Gasteiger partial charge in [-0.05, 0) is 25.0 Å². The van der Waals surface area contributed by atoms with Crippen LogP contribution in [0.3, 0.4) is 0 Å². The third-order valence-corrected chi connectivity index (χ3v) is 3.73. The summed E-state index contributed by atoms with van der Waals surface area (Å²) in [7, 11) is 0. The van der Waals surface area contributed by atoms with Gasteiger partial charge in [-0.15, -0.1) is 0 Å². The highest BCUT2D eigenvalue weighted by Gasteiger charge is 2.27. The summed E-state index contributed by atoms with van der Waals surface area (Å²) in [6.07, 6.45) is 4.17. The summed E-state index contributed by atoms with van der Waals surface area (Å²) < 4.78 is 0. The van der Waals surface area contributed by atoms with E-state index in [1.807, 2.05) is 24.4 Å². The molecule has 4 heteroatoms. The Hall–Kier alpha value is -2.00. The third kappa shape index (κ3) is 2.14. The molecule has 1 saturated carbocycles. The molecule has 1 aromatic carbocycles. The molecule has 0 unspecified atom stereocenters. The van der Waals surface area contributed by atoms with Gasteiger partial charge in [0.05, 0.1) is 11.2 Å². The molecule has 3 nitrogen and oxygen atoms in total. The van der Waals surface area contributed by atoms with Crippen molar-refractivity contribution in [1.29, 1.82) is 0 Å². The lowest BCUT2D eigenvalue weighted by Gasteiger charge is -2.05. The Balaban J connectivity index is 1.85. The van der Waals surface area contributed by atoms with E-state index in [1.54, 1.807) is 6.07 Å². The van der Waals surface area contributed by atoms with Gasteiger partial charge >= 0.3 is 0 Å². The highest BCUT2D eigenvalue weighted by Crippen LogP contribution is 2.39. The molecule has 0 spiro atoms. The van der Waals surface area contributed by atoms with Crippen LogP contribution in [-0.4, -0.2) is 15.0 Å². The molecule has 1 fully saturated rings. The van der Waals surface area contributed by atoms with Crippen molar-refractivity contribution in [2.24, 2.45) is 0 Å². The first-order valence-electron chi connectivity index (χ1n) is 6.69. The fraction of sp³-hybridized carbons (Fsp3) is 0.188. The molecule has 0 amide bonds. The van der Waals surface area contributed by atoms with Crippen LogP contribution in [0.5, 0.6) is 0 Å². The lowest BCUT2D eigenvalue weighted by molar-refractivity contribution is 0.930. The van der Waals surface area contributed by atoms with E-state index in [0.717, 1.165) is 40.8 Å². The summed E-state index contributed by atoms with van der Waals surface area (Å²) in [4.78, 5) is 13.4. The topological polar surface area (TPSA) is 38.7 Å². The monoisotopic (exact) mass is 281 g/mol. The number of hydrogen-bond acceptors (Lipinski definition) is 3. The van der Waals surface area contributed by atoms with Crippen molar-refractivity contribution < 1.29 is 0 Å². The molecular weight excluding hydrogens is 270 g/mol. The van der Waals surface area contributed by atoms with Gasteiger partial charge in [0.2, 0.25) is 0 Å². The van der Waals surface area contributed by atoms with Crippen molar-refractivity contribution in [3.05, 3.63) is 53.6 Å². The average Bonchev–Trinajstić information content (AvgIpc) is 3.31. The molecule has 1 aliphatic carbocycles. The molecule has 2 heterocycles. The predicted molar refractivity (Wildman–Crippen MR) is 79.8 cm³/mol. The number of rotatable bonds is 2. The Morgan fingerprint density at radius 2 is 1.90 bits per heavy atom. The molecule has 3 aromatic rings. The molecule has 1 aliphatic rings. The first-order valence-corrected chi connectivity index (χ1v) is 7.07. The minimum atomic E-state index is 0.487. The van der Waals surface area contributed by atoms with E-state index < -0.39 is 0 Å². The molecule has 0 saturated heterocycles. The Kier molecular flexibility index (Phi) is 2.67. The minimum Gasteiger partial charge on any atom is -0.256 e. The van der Waals surface area contributed by atoms with Gasteiger partial charge in [-0.25, -0.2) is 9.97 Å². The maximum atomic E-state index is 6.12. The zero-order chi connectivity index (χ0) is 13.5. The number of para-hydroxylation sites is 1. The van der Waals surface area contributed by atoms with Gasteiger partial charge < -0.3 is 0 Å². The Bertz CT molecular complexity index is 797.